The molecule has 0 radical (unpaired) electrons. The van der Waals surface area contributed by atoms with Gasteiger partial charge in [-0.05, 0) is 32.1 Å². The number of esters is 1. The molecule has 3 rings (SSSR count). The van der Waals surface area contributed by atoms with Crippen LogP contribution in [0.1, 0.15) is 29.8 Å². The van der Waals surface area contributed by atoms with Crippen molar-refractivity contribution in [1.82, 2.24) is 19.1 Å². The van der Waals surface area contributed by atoms with Gasteiger partial charge in [0.1, 0.15) is 12.2 Å². The van der Waals surface area contributed by atoms with E-state index >= 15 is 0 Å². The summed E-state index contributed by atoms with van der Waals surface area (Å²) in [6, 6.07) is 9.46. The number of aryl methyl sites for hydroxylation is 1. The average Bonchev–Trinajstić information content (AvgIpc) is 3.03. The van der Waals surface area contributed by atoms with Crippen LogP contribution in [-0.2, 0) is 4.74 Å². The molecule has 27 heavy (non-hydrogen) atoms. The van der Waals surface area contributed by atoms with Crippen LogP contribution < -0.4 is 5.56 Å². The summed E-state index contributed by atoms with van der Waals surface area (Å²) in [5.74, 6) is -0.646. The van der Waals surface area contributed by atoms with Crippen LogP contribution in [0.25, 0.3) is 11.3 Å². The van der Waals surface area contributed by atoms with Crippen LogP contribution >= 0.6 is 0 Å². The minimum atomic E-state index is -0.646. The highest BCUT2D eigenvalue weighted by molar-refractivity contribution is 5.88. The van der Waals surface area contributed by atoms with Crippen molar-refractivity contribution in [1.29, 1.82) is 0 Å². The zero-order valence-electron chi connectivity index (χ0n) is 15.9. The molecule has 0 aliphatic heterocycles. The summed E-state index contributed by atoms with van der Waals surface area (Å²) < 4.78 is 8.41. The maximum absolute atomic E-state index is 13.0. The third-order valence-electron chi connectivity index (χ3n) is 4.60. The maximum Gasteiger partial charge on any atom is 0.345 e. The summed E-state index contributed by atoms with van der Waals surface area (Å²) >= 11 is 0. The quantitative estimate of drug-likeness (QED) is 0.599. The number of nitrogens with zero attached hydrogens (tertiary/aromatic N) is 4. The summed E-state index contributed by atoms with van der Waals surface area (Å²) in [4.78, 5) is 31.9. The van der Waals surface area contributed by atoms with Gasteiger partial charge in [0.05, 0.1) is 5.69 Å². The van der Waals surface area contributed by atoms with Gasteiger partial charge >= 0.3 is 5.97 Å². The van der Waals surface area contributed by atoms with Crippen molar-refractivity contribution in [2.24, 2.45) is 0 Å². The molecule has 0 aliphatic carbocycles. The minimum absolute atomic E-state index is 0.0673. The highest BCUT2D eigenvalue weighted by Crippen LogP contribution is 2.13. The minimum Gasteiger partial charge on any atom is -0.461 e. The van der Waals surface area contributed by atoms with Crippen molar-refractivity contribution in [2.75, 3.05) is 26.2 Å². The van der Waals surface area contributed by atoms with Gasteiger partial charge in [0.2, 0.25) is 0 Å². The first kappa shape index (κ1) is 18.8. The van der Waals surface area contributed by atoms with E-state index in [1.54, 1.807) is 4.68 Å². The Balaban J connectivity index is 1.93. The Kier molecular flexibility index (Phi) is 5.71. The number of benzene rings is 1. The predicted molar refractivity (Wildman–Crippen MR) is 104 cm³/mol. The Morgan fingerprint density at radius 1 is 1.19 bits per heavy atom. The van der Waals surface area contributed by atoms with Gasteiger partial charge in [-0.1, -0.05) is 32.0 Å². The standard InChI is InChI=1S/C20H24N4O3/c1-4-22(5-2)11-12-27-20(26)17-13-21-18-15(3)14-23(24(18)19(17)25)16-9-7-6-8-10-16/h6-10,13-14H,4-5,11-12H2,1-3H3. The molecule has 0 aliphatic rings. The number of rotatable bonds is 7. The lowest BCUT2D eigenvalue weighted by Crippen LogP contribution is -2.30. The maximum atomic E-state index is 13.0. The van der Waals surface area contributed by atoms with Crippen LogP contribution in [0.15, 0.2) is 47.5 Å². The SMILES string of the molecule is CCN(CC)CCOC(=O)c1cnc2c(C)cn(-c3ccccc3)n2c1=O. The Labute approximate surface area is 157 Å². The third-order valence-corrected chi connectivity index (χ3v) is 4.60. The average molecular weight is 368 g/mol. The van der Waals surface area contributed by atoms with E-state index in [0.717, 1.165) is 24.3 Å². The smallest absolute Gasteiger partial charge is 0.345 e. The molecule has 7 nitrogen and oxygen atoms in total. The second-order valence-corrected chi connectivity index (χ2v) is 6.27. The summed E-state index contributed by atoms with van der Waals surface area (Å²) in [6.45, 7) is 8.62. The zero-order valence-corrected chi connectivity index (χ0v) is 15.9. The van der Waals surface area contributed by atoms with E-state index in [-0.39, 0.29) is 12.2 Å². The van der Waals surface area contributed by atoms with Gasteiger partial charge in [-0.3, -0.25) is 9.48 Å². The van der Waals surface area contributed by atoms with Crippen LogP contribution in [0, 0.1) is 6.92 Å². The van der Waals surface area contributed by atoms with Gasteiger partial charge in [-0.25, -0.2) is 9.78 Å². The van der Waals surface area contributed by atoms with Gasteiger partial charge < -0.3 is 9.64 Å². The number of likely N-dealkylation sites (N-methyl/N-ethyl adjacent to an activating group) is 1. The Bertz CT molecular complexity index is 988. The number of hydrogen-bond donors (Lipinski definition) is 0. The number of para-hydroxylation sites is 1. The van der Waals surface area contributed by atoms with Crippen molar-refractivity contribution in [3.63, 3.8) is 0 Å². The first-order valence-corrected chi connectivity index (χ1v) is 9.11. The number of hydrogen-bond acceptors (Lipinski definition) is 5. The van der Waals surface area contributed by atoms with Crippen molar-refractivity contribution in [2.45, 2.75) is 20.8 Å². The van der Waals surface area contributed by atoms with Gasteiger partial charge in [-0.2, -0.15) is 4.52 Å². The molecule has 0 atom stereocenters. The van der Waals surface area contributed by atoms with Crippen LogP contribution in [0.3, 0.4) is 0 Å². The zero-order chi connectivity index (χ0) is 19.4. The van der Waals surface area contributed by atoms with Crippen LogP contribution in [-0.4, -0.2) is 51.3 Å². The van der Waals surface area contributed by atoms with Crippen molar-refractivity contribution in [3.05, 3.63) is 64.2 Å². The molecule has 1 aromatic carbocycles. The summed E-state index contributed by atoms with van der Waals surface area (Å²) in [7, 11) is 0. The molecule has 7 heteroatoms. The lowest BCUT2D eigenvalue weighted by molar-refractivity contribution is 0.0463. The first-order chi connectivity index (χ1) is 13.1. The second kappa shape index (κ2) is 8.18. The molecule has 0 amide bonds. The van der Waals surface area contributed by atoms with Gasteiger partial charge in [0.15, 0.2) is 5.65 Å². The van der Waals surface area contributed by atoms with E-state index in [1.807, 2.05) is 43.5 Å². The Morgan fingerprint density at radius 3 is 2.56 bits per heavy atom. The molecule has 0 saturated carbocycles. The molecule has 2 heterocycles. The fourth-order valence-electron chi connectivity index (χ4n) is 3.01. The molecule has 0 saturated heterocycles. The highest BCUT2D eigenvalue weighted by Gasteiger charge is 2.18. The van der Waals surface area contributed by atoms with E-state index in [1.165, 1.54) is 10.7 Å². The number of ether oxygens (including phenoxy) is 1. The molecule has 142 valence electrons. The van der Waals surface area contributed by atoms with Gasteiger partial charge in [-0.15, -0.1) is 0 Å². The molecule has 0 N–H and O–H groups in total. The second-order valence-electron chi connectivity index (χ2n) is 6.27. The molecular formula is C20H24N4O3. The normalized spacial score (nSPS) is 11.3. The highest BCUT2D eigenvalue weighted by atomic mass is 16.5. The number of aromatic nitrogens is 3. The van der Waals surface area contributed by atoms with Gasteiger partial charge in [0, 0.05) is 24.5 Å². The molecular weight excluding hydrogens is 344 g/mol. The number of carbonyl (C=O) groups is 1. The van der Waals surface area contributed by atoms with Crippen molar-refractivity contribution < 1.29 is 9.53 Å². The third kappa shape index (κ3) is 3.78. The Hall–Kier alpha value is -2.93. The van der Waals surface area contributed by atoms with E-state index in [9.17, 15) is 9.59 Å². The molecule has 3 aromatic rings. The van der Waals surface area contributed by atoms with E-state index < -0.39 is 11.5 Å². The molecule has 0 unspecified atom stereocenters. The van der Waals surface area contributed by atoms with Gasteiger partial charge in [0.25, 0.3) is 5.56 Å². The molecule has 0 bridgehead atoms. The fraction of sp³-hybridized carbons (Fsp3) is 0.350. The molecule has 0 fully saturated rings. The monoisotopic (exact) mass is 368 g/mol. The van der Waals surface area contributed by atoms with Crippen molar-refractivity contribution in [3.8, 4) is 5.69 Å². The predicted octanol–water partition coefficient (Wildman–Crippen LogP) is 2.29. The number of carbonyl (C=O) groups excluding carboxylic acids is 1. The molecule has 0 spiro atoms. The van der Waals surface area contributed by atoms with E-state index in [4.69, 9.17) is 4.74 Å². The fourth-order valence-corrected chi connectivity index (χ4v) is 3.01. The van der Waals surface area contributed by atoms with E-state index in [0.29, 0.717) is 12.2 Å². The van der Waals surface area contributed by atoms with Crippen LogP contribution in [0.2, 0.25) is 0 Å². The summed E-state index contributed by atoms with van der Waals surface area (Å²) in [6.07, 6.45) is 3.13. The first-order valence-electron chi connectivity index (χ1n) is 9.11. The summed E-state index contributed by atoms with van der Waals surface area (Å²) in [5, 5.41) is 0. The van der Waals surface area contributed by atoms with Crippen molar-refractivity contribution >= 4 is 11.6 Å². The van der Waals surface area contributed by atoms with Crippen LogP contribution in [0.5, 0.6) is 0 Å². The largest absolute Gasteiger partial charge is 0.461 e. The lowest BCUT2D eigenvalue weighted by atomic mass is 10.3. The topological polar surface area (TPSA) is 68.8 Å². The Morgan fingerprint density at radius 2 is 1.89 bits per heavy atom. The van der Waals surface area contributed by atoms with Crippen LogP contribution in [0.4, 0.5) is 0 Å². The lowest BCUT2D eigenvalue weighted by Gasteiger charge is -2.17. The summed E-state index contributed by atoms with van der Waals surface area (Å²) in [5.41, 5.74) is 1.67. The van der Waals surface area contributed by atoms with E-state index in [2.05, 4.69) is 23.7 Å². The molecule has 2 aromatic heterocycles. The number of fused-ring (bicyclic) bond motifs is 1.